The fourth-order valence-corrected chi connectivity index (χ4v) is 7.21. The van der Waals surface area contributed by atoms with Crippen LogP contribution in [0.1, 0.15) is 108 Å². The number of carbonyl (C=O) groups excluding carboxylic acids is 5. The Hall–Kier alpha value is -5.26. The number of benzene rings is 3. The van der Waals surface area contributed by atoms with Crippen LogP contribution in [-0.4, -0.2) is 92.1 Å². The molecule has 4 atom stereocenters. The van der Waals surface area contributed by atoms with Crippen LogP contribution in [0.3, 0.4) is 0 Å². The molecule has 54 heavy (non-hydrogen) atoms. The molecule has 3 aromatic carbocycles. The summed E-state index contributed by atoms with van der Waals surface area (Å²) in [4.78, 5) is 80.7. The summed E-state index contributed by atoms with van der Waals surface area (Å²) in [5.41, 5.74) is -0.882. The highest BCUT2D eigenvalue weighted by Gasteiger charge is 2.55. The molecule has 12 heteroatoms. The Labute approximate surface area is 315 Å². The van der Waals surface area contributed by atoms with Gasteiger partial charge in [-0.1, -0.05) is 48.5 Å². The minimum atomic E-state index is -1.71. The summed E-state index contributed by atoms with van der Waals surface area (Å²) in [5, 5.41) is 12.0. The maximum absolute atomic E-state index is 13.5. The molecule has 12 nitrogen and oxygen atoms in total. The molecular formula is C42H50N2O10. The van der Waals surface area contributed by atoms with E-state index in [9.17, 15) is 33.9 Å². The molecule has 2 aliphatic heterocycles. The number of hydrogen-bond acceptors (Lipinski definition) is 9. The highest BCUT2D eigenvalue weighted by atomic mass is 16.6. The maximum atomic E-state index is 13.5. The van der Waals surface area contributed by atoms with Crippen LogP contribution in [0.25, 0.3) is 21.9 Å². The third-order valence-corrected chi connectivity index (χ3v) is 9.91. The molecule has 0 aromatic heterocycles. The zero-order chi connectivity index (χ0) is 39.7. The average molecular weight is 743 g/mol. The Balaban J connectivity index is 1.24. The summed E-state index contributed by atoms with van der Waals surface area (Å²) in [7, 11) is 0. The smallest absolute Gasteiger partial charge is 0.411 e. The highest BCUT2D eigenvalue weighted by molar-refractivity contribution is 6.03. The fraction of sp³-hybridized carbons (Fsp3) is 0.476. The standard InChI is InChI=1S/C42H50N2O10/c1-25-9-18-33(43(25)38(50)53-40(3,4)5)36(47)52-24-35(46)32-17-16-30-21-29(14-15-31(30)22-32)27-10-12-28(13-11-27)34(45)23-42(37(48)49)20-19-26(2)44(42)39(51)54-41(6,7)8/h10-17,21-22,25-26,33H,9,18-20,23-24H2,1-8H3,(H,48,49)/t25-,26?,33+,42?/m1/s1. The quantitative estimate of drug-likeness (QED) is 0.130. The van der Waals surface area contributed by atoms with Gasteiger partial charge in [0, 0.05) is 29.6 Å². The molecule has 288 valence electrons. The second-order valence-electron chi connectivity index (χ2n) is 16.4. The van der Waals surface area contributed by atoms with Crippen LogP contribution in [0.4, 0.5) is 9.59 Å². The van der Waals surface area contributed by atoms with Gasteiger partial charge >= 0.3 is 24.1 Å². The largest absolute Gasteiger partial charge is 0.479 e. The van der Waals surface area contributed by atoms with E-state index in [0.29, 0.717) is 30.4 Å². The van der Waals surface area contributed by atoms with Crippen molar-refractivity contribution < 1.29 is 48.1 Å². The third kappa shape index (κ3) is 8.75. The Kier molecular flexibility index (Phi) is 11.3. The van der Waals surface area contributed by atoms with Crippen molar-refractivity contribution in [2.45, 2.75) is 122 Å². The lowest BCUT2D eigenvalue weighted by atomic mass is 9.87. The number of nitrogens with zero attached hydrogens (tertiary/aromatic N) is 2. The van der Waals surface area contributed by atoms with E-state index in [0.717, 1.165) is 21.9 Å². The predicted octanol–water partition coefficient (Wildman–Crippen LogP) is 7.84. The Bertz CT molecular complexity index is 1960. The number of carboxylic acid groups (broad SMARTS) is 1. The number of esters is 1. The number of Topliss-reactive ketones (excluding diaryl/α,β-unsaturated/α-hetero) is 2. The van der Waals surface area contributed by atoms with Gasteiger partial charge in [0.1, 0.15) is 17.2 Å². The van der Waals surface area contributed by atoms with Gasteiger partial charge in [-0.3, -0.25) is 19.4 Å². The number of carboxylic acids is 1. The first kappa shape index (κ1) is 39.9. The number of ketones is 2. The lowest BCUT2D eigenvalue weighted by molar-refractivity contribution is -0.150. The summed E-state index contributed by atoms with van der Waals surface area (Å²) in [6.45, 7) is 13.5. The molecule has 2 heterocycles. The molecule has 3 aromatic rings. The first-order chi connectivity index (χ1) is 25.2. The van der Waals surface area contributed by atoms with E-state index in [-0.39, 0.29) is 24.7 Å². The van der Waals surface area contributed by atoms with Crippen molar-refractivity contribution in [3.8, 4) is 11.1 Å². The summed E-state index contributed by atoms with van der Waals surface area (Å²) in [6.07, 6.45) is -0.123. The second kappa shape index (κ2) is 15.2. The Morgan fingerprint density at radius 2 is 1.28 bits per heavy atom. The molecule has 2 fully saturated rings. The number of carbonyl (C=O) groups is 6. The lowest BCUT2D eigenvalue weighted by Gasteiger charge is -2.37. The minimum Gasteiger partial charge on any atom is -0.479 e. The molecule has 0 spiro atoms. The number of ether oxygens (including phenoxy) is 3. The van der Waals surface area contributed by atoms with Crippen LogP contribution in [-0.2, 0) is 23.8 Å². The van der Waals surface area contributed by atoms with Crippen molar-refractivity contribution >= 4 is 46.5 Å². The van der Waals surface area contributed by atoms with Gasteiger partial charge in [-0.25, -0.2) is 19.2 Å². The van der Waals surface area contributed by atoms with Crippen molar-refractivity contribution in [3.63, 3.8) is 0 Å². The number of fused-ring (bicyclic) bond motifs is 1. The van der Waals surface area contributed by atoms with Gasteiger partial charge in [-0.05, 0) is 115 Å². The molecule has 0 bridgehead atoms. The van der Waals surface area contributed by atoms with Gasteiger partial charge in [0.05, 0.1) is 0 Å². The summed E-state index contributed by atoms with van der Waals surface area (Å²) >= 11 is 0. The number of likely N-dealkylation sites (tertiary alicyclic amines) is 2. The van der Waals surface area contributed by atoms with Crippen molar-refractivity contribution in [1.29, 1.82) is 0 Å². The van der Waals surface area contributed by atoms with Crippen LogP contribution in [0, 0.1) is 0 Å². The third-order valence-electron chi connectivity index (χ3n) is 9.91. The van der Waals surface area contributed by atoms with E-state index in [4.69, 9.17) is 14.2 Å². The lowest BCUT2D eigenvalue weighted by Crippen LogP contribution is -2.57. The molecule has 0 aliphatic carbocycles. The zero-order valence-electron chi connectivity index (χ0n) is 32.3. The maximum Gasteiger partial charge on any atom is 0.411 e. The van der Waals surface area contributed by atoms with Crippen LogP contribution in [0.5, 0.6) is 0 Å². The molecule has 1 N–H and O–H groups in total. The highest BCUT2D eigenvalue weighted by Crippen LogP contribution is 2.39. The molecule has 0 saturated carbocycles. The Morgan fingerprint density at radius 3 is 1.91 bits per heavy atom. The van der Waals surface area contributed by atoms with Crippen LogP contribution >= 0.6 is 0 Å². The monoisotopic (exact) mass is 742 g/mol. The van der Waals surface area contributed by atoms with E-state index < -0.39 is 65.3 Å². The Morgan fingerprint density at radius 1 is 0.704 bits per heavy atom. The van der Waals surface area contributed by atoms with Crippen molar-refractivity contribution in [3.05, 3.63) is 71.8 Å². The molecular weight excluding hydrogens is 692 g/mol. The molecule has 2 unspecified atom stereocenters. The van der Waals surface area contributed by atoms with E-state index in [2.05, 4.69) is 0 Å². The minimum absolute atomic E-state index is 0.135. The molecule has 2 amide bonds. The normalized spacial score (nSPS) is 21.5. The van der Waals surface area contributed by atoms with E-state index in [1.54, 1.807) is 90.9 Å². The molecule has 2 aliphatic rings. The fourth-order valence-electron chi connectivity index (χ4n) is 7.21. The van der Waals surface area contributed by atoms with Crippen molar-refractivity contribution in [2.24, 2.45) is 0 Å². The van der Waals surface area contributed by atoms with Gasteiger partial charge in [0.15, 0.2) is 23.7 Å². The SMILES string of the molecule is CC1CCC(CC(=O)c2ccc(-c3ccc4cc(C(=O)COC(=O)[C@@H]5CC[C@@H](C)N5C(=O)OC(C)(C)C)ccc4c3)cc2)(C(=O)O)N1C(=O)OC(C)(C)C. The van der Waals surface area contributed by atoms with Gasteiger partial charge in [-0.2, -0.15) is 0 Å². The zero-order valence-corrected chi connectivity index (χ0v) is 32.3. The van der Waals surface area contributed by atoms with Crippen LogP contribution in [0.15, 0.2) is 60.7 Å². The predicted molar refractivity (Wildman–Crippen MR) is 201 cm³/mol. The van der Waals surface area contributed by atoms with Crippen molar-refractivity contribution in [1.82, 2.24) is 9.80 Å². The van der Waals surface area contributed by atoms with Gasteiger partial charge in [-0.15, -0.1) is 0 Å². The van der Waals surface area contributed by atoms with E-state index in [1.807, 2.05) is 25.1 Å². The van der Waals surface area contributed by atoms with E-state index >= 15 is 0 Å². The average Bonchev–Trinajstić information content (AvgIpc) is 3.65. The molecule has 0 radical (unpaired) electrons. The van der Waals surface area contributed by atoms with Crippen LogP contribution < -0.4 is 0 Å². The summed E-state index contributed by atoms with van der Waals surface area (Å²) < 4.78 is 16.4. The topological polar surface area (TPSA) is 157 Å². The summed E-state index contributed by atoms with van der Waals surface area (Å²) in [5.74, 6) is -2.66. The van der Waals surface area contributed by atoms with Crippen LogP contribution in [0.2, 0.25) is 0 Å². The first-order valence-corrected chi connectivity index (χ1v) is 18.3. The van der Waals surface area contributed by atoms with Gasteiger partial charge in [0.2, 0.25) is 0 Å². The number of amides is 2. The summed E-state index contributed by atoms with van der Waals surface area (Å²) in [6, 6.07) is 16.3. The molecule has 2 saturated heterocycles. The number of hydrogen-bond donors (Lipinski definition) is 1. The second-order valence-corrected chi connectivity index (χ2v) is 16.4. The first-order valence-electron chi connectivity index (χ1n) is 18.3. The molecule has 5 rings (SSSR count). The van der Waals surface area contributed by atoms with Gasteiger partial charge < -0.3 is 19.3 Å². The number of rotatable bonds is 9. The van der Waals surface area contributed by atoms with Crippen molar-refractivity contribution in [2.75, 3.05) is 6.61 Å². The number of aliphatic carboxylic acids is 1. The van der Waals surface area contributed by atoms with E-state index in [1.165, 1.54) is 9.80 Å². The van der Waals surface area contributed by atoms with Gasteiger partial charge in [0.25, 0.3) is 0 Å².